The number of anilines is 1. The first kappa shape index (κ1) is 26.4. The van der Waals surface area contributed by atoms with Gasteiger partial charge in [0.05, 0.1) is 17.7 Å². The maximum Gasteiger partial charge on any atom is 0.334 e. The number of methoxy groups -OCH3 is 1. The Kier molecular flexibility index (Phi) is 8.40. The summed E-state index contributed by atoms with van der Waals surface area (Å²) in [5.41, 5.74) is 1.28. The molecule has 0 saturated carbocycles. The van der Waals surface area contributed by atoms with Crippen LogP contribution in [0.3, 0.4) is 0 Å². The second-order valence-corrected chi connectivity index (χ2v) is 9.96. The summed E-state index contributed by atoms with van der Waals surface area (Å²) in [6.45, 7) is 0. The Morgan fingerprint density at radius 2 is 1.39 bits per heavy atom. The molecular weight excluding hydrogens is 504 g/mol. The fraction of sp³-hybridized carbons (Fsp3) is 0.103. The van der Waals surface area contributed by atoms with E-state index in [9.17, 15) is 18.0 Å². The van der Waals surface area contributed by atoms with Crippen LogP contribution < -0.4 is 19.5 Å². The highest BCUT2D eigenvalue weighted by molar-refractivity contribution is 7.92. The van der Waals surface area contributed by atoms with Gasteiger partial charge in [0.25, 0.3) is 15.9 Å². The standard InChI is InChI=1S/C29H26N2O6S/c1-36-23-16-18-24(19-17-23)38(34,35)31-25-14-8-9-15-27(25)37-29(33)26(20-21-10-4-2-5-11-21)30-28(32)22-12-6-3-7-13-22/h2-19,26,31H,20H2,1H3,(H,30,32)/t26-/m1/s1. The number of benzene rings is 4. The largest absolute Gasteiger partial charge is 0.497 e. The van der Waals surface area contributed by atoms with Gasteiger partial charge in [0.1, 0.15) is 11.8 Å². The van der Waals surface area contributed by atoms with Crippen molar-refractivity contribution in [2.75, 3.05) is 11.8 Å². The maximum atomic E-state index is 13.3. The van der Waals surface area contributed by atoms with Crippen LogP contribution in [0.1, 0.15) is 15.9 Å². The SMILES string of the molecule is COc1ccc(S(=O)(=O)Nc2ccccc2OC(=O)[C@@H](Cc2ccccc2)NC(=O)c2ccccc2)cc1. The van der Waals surface area contributed by atoms with E-state index in [-0.39, 0.29) is 22.8 Å². The fourth-order valence-electron chi connectivity index (χ4n) is 3.65. The minimum atomic E-state index is -3.99. The molecular formula is C29H26N2O6S. The second kappa shape index (κ2) is 12.1. The van der Waals surface area contributed by atoms with Crippen molar-refractivity contribution in [2.24, 2.45) is 0 Å². The average molecular weight is 531 g/mol. The highest BCUT2D eigenvalue weighted by Gasteiger charge is 2.26. The summed E-state index contributed by atoms with van der Waals surface area (Å²) in [5.74, 6) is -0.659. The number of sulfonamides is 1. The monoisotopic (exact) mass is 530 g/mol. The number of hydrogen-bond donors (Lipinski definition) is 2. The van der Waals surface area contributed by atoms with E-state index < -0.39 is 27.9 Å². The van der Waals surface area contributed by atoms with E-state index >= 15 is 0 Å². The Labute approximate surface area is 221 Å². The number of ether oxygens (including phenoxy) is 2. The predicted octanol–water partition coefficient (Wildman–Crippen LogP) is 4.44. The van der Waals surface area contributed by atoms with Gasteiger partial charge >= 0.3 is 5.97 Å². The number of rotatable bonds is 10. The van der Waals surface area contributed by atoms with Crippen LogP contribution in [0.2, 0.25) is 0 Å². The van der Waals surface area contributed by atoms with Crippen molar-refractivity contribution in [3.8, 4) is 11.5 Å². The number of amides is 1. The van der Waals surface area contributed by atoms with Gasteiger partial charge in [-0.1, -0.05) is 60.7 Å². The molecule has 0 heterocycles. The van der Waals surface area contributed by atoms with Gasteiger partial charge in [-0.2, -0.15) is 0 Å². The van der Waals surface area contributed by atoms with Crippen molar-refractivity contribution in [3.05, 3.63) is 120 Å². The topological polar surface area (TPSA) is 111 Å². The number of para-hydroxylation sites is 2. The molecule has 0 fully saturated rings. The number of nitrogens with one attached hydrogen (secondary N) is 2. The van der Waals surface area contributed by atoms with Crippen molar-refractivity contribution in [2.45, 2.75) is 17.4 Å². The minimum Gasteiger partial charge on any atom is -0.497 e. The molecule has 4 rings (SSSR count). The number of carbonyl (C=O) groups excluding carboxylic acids is 2. The molecule has 4 aromatic rings. The molecule has 0 aliphatic carbocycles. The molecule has 0 aromatic heterocycles. The highest BCUT2D eigenvalue weighted by atomic mass is 32.2. The van der Waals surface area contributed by atoms with Gasteiger partial charge in [0.15, 0.2) is 5.75 Å². The van der Waals surface area contributed by atoms with Crippen LogP contribution >= 0.6 is 0 Å². The van der Waals surface area contributed by atoms with Crippen LogP contribution in [-0.4, -0.2) is 33.4 Å². The molecule has 1 atom stereocenters. The minimum absolute atomic E-state index is 0.00149. The summed E-state index contributed by atoms with van der Waals surface area (Å²) >= 11 is 0. The molecule has 0 bridgehead atoms. The zero-order chi connectivity index (χ0) is 27.0. The van der Waals surface area contributed by atoms with Crippen molar-refractivity contribution in [1.82, 2.24) is 5.32 Å². The first-order valence-corrected chi connectivity index (χ1v) is 13.2. The van der Waals surface area contributed by atoms with Crippen molar-refractivity contribution in [3.63, 3.8) is 0 Å². The quantitative estimate of drug-likeness (QED) is 0.232. The van der Waals surface area contributed by atoms with E-state index in [1.54, 1.807) is 42.5 Å². The van der Waals surface area contributed by atoms with E-state index in [0.717, 1.165) is 5.56 Å². The Morgan fingerprint density at radius 1 is 0.789 bits per heavy atom. The third-order valence-corrected chi connectivity index (χ3v) is 7.00. The van der Waals surface area contributed by atoms with Crippen LogP contribution in [-0.2, 0) is 21.2 Å². The summed E-state index contributed by atoms with van der Waals surface area (Å²) in [4.78, 5) is 26.2. The van der Waals surface area contributed by atoms with Crippen molar-refractivity contribution >= 4 is 27.6 Å². The fourth-order valence-corrected chi connectivity index (χ4v) is 4.72. The molecule has 0 unspecified atom stereocenters. The molecule has 8 nitrogen and oxygen atoms in total. The molecule has 38 heavy (non-hydrogen) atoms. The van der Waals surface area contributed by atoms with Gasteiger partial charge in [-0.3, -0.25) is 9.52 Å². The Morgan fingerprint density at radius 3 is 2.05 bits per heavy atom. The number of esters is 1. The Bertz CT molecular complexity index is 1490. The van der Waals surface area contributed by atoms with E-state index in [0.29, 0.717) is 11.3 Å². The Hall–Kier alpha value is -4.63. The molecule has 0 aliphatic rings. The highest BCUT2D eigenvalue weighted by Crippen LogP contribution is 2.28. The molecule has 9 heteroatoms. The molecule has 1 amide bonds. The second-order valence-electron chi connectivity index (χ2n) is 8.28. The van der Waals surface area contributed by atoms with Gasteiger partial charge in [-0.15, -0.1) is 0 Å². The first-order valence-electron chi connectivity index (χ1n) is 11.7. The molecule has 2 N–H and O–H groups in total. The lowest BCUT2D eigenvalue weighted by atomic mass is 10.1. The molecule has 4 aromatic carbocycles. The van der Waals surface area contributed by atoms with E-state index in [2.05, 4.69) is 10.0 Å². The average Bonchev–Trinajstić information content (AvgIpc) is 2.94. The normalized spacial score (nSPS) is 11.7. The van der Waals surface area contributed by atoms with Crippen LogP contribution in [0.15, 0.2) is 114 Å². The third-order valence-electron chi connectivity index (χ3n) is 5.62. The van der Waals surface area contributed by atoms with Crippen LogP contribution in [0.25, 0.3) is 0 Å². The first-order chi connectivity index (χ1) is 18.4. The predicted molar refractivity (Wildman–Crippen MR) is 144 cm³/mol. The third kappa shape index (κ3) is 6.77. The summed E-state index contributed by atoms with van der Waals surface area (Å²) in [6, 6.07) is 28.8. The van der Waals surface area contributed by atoms with Crippen LogP contribution in [0.4, 0.5) is 5.69 Å². The summed E-state index contributed by atoms with van der Waals surface area (Å²) in [5, 5.41) is 2.74. The lowest BCUT2D eigenvalue weighted by Gasteiger charge is -2.19. The molecule has 0 radical (unpaired) electrons. The number of hydrogen-bond acceptors (Lipinski definition) is 6. The van der Waals surface area contributed by atoms with Gasteiger partial charge in [0, 0.05) is 12.0 Å². The van der Waals surface area contributed by atoms with Crippen LogP contribution in [0, 0.1) is 0 Å². The zero-order valence-electron chi connectivity index (χ0n) is 20.5. The van der Waals surface area contributed by atoms with Gasteiger partial charge < -0.3 is 14.8 Å². The van der Waals surface area contributed by atoms with Crippen molar-refractivity contribution < 1.29 is 27.5 Å². The molecule has 0 saturated heterocycles. The Balaban J connectivity index is 1.56. The smallest absolute Gasteiger partial charge is 0.334 e. The van der Waals surface area contributed by atoms with Crippen LogP contribution in [0.5, 0.6) is 11.5 Å². The molecule has 0 spiro atoms. The van der Waals surface area contributed by atoms with Gasteiger partial charge in [-0.25, -0.2) is 13.2 Å². The van der Waals surface area contributed by atoms with Gasteiger partial charge in [-0.05, 0) is 54.1 Å². The molecule has 194 valence electrons. The zero-order valence-corrected chi connectivity index (χ0v) is 21.4. The summed E-state index contributed by atoms with van der Waals surface area (Å²) in [6.07, 6.45) is 0.179. The van der Waals surface area contributed by atoms with E-state index in [1.165, 1.54) is 43.5 Å². The maximum absolute atomic E-state index is 13.3. The van der Waals surface area contributed by atoms with E-state index in [4.69, 9.17) is 9.47 Å². The summed E-state index contributed by atoms with van der Waals surface area (Å²) in [7, 11) is -2.50. The van der Waals surface area contributed by atoms with E-state index in [1.807, 2.05) is 30.3 Å². The summed E-state index contributed by atoms with van der Waals surface area (Å²) < 4.78 is 39.1. The lowest BCUT2D eigenvalue weighted by molar-refractivity contribution is -0.136. The lowest BCUT2D eigenvalue weighted by Crippen LogP contribution is -2.44. The number of carbonyl (C=O) groups is 2. The van der Waals surface area contributed by atoms with Crippen molar-refractivity contribution in [1.29, 1.82) is 0 Å². The molecule has 0 aliphatic heterocycles. The van der Waals surface area contributed by atoms with Gasteiger partial charge in [0.2, 0.25) is 0 Å².